The summed E-state index contributed by atoms with van der Waals surface area (Å²) >= 11 is 4.99. The molecule has 0 atom stereocenters. The van der Waals surface area contributed by atoms with E-state index in [2.05, 4.69) is 17.9 Å². The maximum Gasteiger partial charge on any atom is 0.219 e. The Morgan fingerprint density at radius 1 is 1.30 bits per heavy atom. The predicted molar refractivity (Wildman–Crippen MR) is 84.6 cm³/mol. The highest BCUT2D eigenvalue weighted by molar-refractivity contribution is 7.80. The van der Waals surface area contributed by atoms with Gasteiger partial charge >= 0.3 is 0 Å². The molecule has 1 aromatic rings. The first kappa shape index (κ1) is 14.9. The third kappa shape index (κ3) is 3.55. The molecule has 1 aliphatic rings. The highest BCUT2D eigenvalue weighted by Crippen LogP contribution is 2.15. The molecule has 1 amide bonds. The van der Waals surface area contributed by atoms with E-state index in [0.29, 0.717) is 4.99 Å². The monoisotopic (exact) mass is 291 g/mol. The Bertz CT molecular complexity index is 522. The van der Waals surface area contributed by atoms with E-state index < -0.39 is 0 Å². The Morgan fingerprint density at radius 3 is 2.45 bits per heavy atom. The van der Waals surface area contributed by atoms with Gasteiger partial charge in [0, 0.05) is 45.2 Å². The molecular weight excluding hydrogens is 270 g/mol. The third-order valence-electron chi connectivity index (χ3n) is 3.84. The summed E-state index contributed by atoms with van der Waals surface area (Å²) < 4.78 is 0. The minimum atomic E-state index is 0.168. The molecular formula is C15H21N3OS. The predicted octanol–water partition coefficient (Wildman–Crippen LogP) is 1.29. The summed E-state index contributed by atoms with van der Waals surface area (Å²) in [6, 6.07) is 6.13. The van der Waals surface area contributed by atoms with Crippen molar-refractivity contribution in [3.05, 3.63) is 34.9 Å². The lowest BCUT2D eigenvalue weighted by Crippen LogP contribution is -2.47. The van der Waals surface area contributed by atoms with Crippen molar-refractivity contribution in [1.29, 1.82) is 0 Å². The highest BCUT2D eigenvalue weighted by Gasteiger charge is 2.18. The largest absolute Gasteiger partial charge is 0.389 e. The van der Waals surface area contributed by atoms with Gasteiger partial charge in [0.15, 0.2) is 0 Å². The molecule has 2 rings (SSSR count). The molecule has 0 bridgehead atoms. The first-order valence-electron chi connectivity index (χ1n) is 6.84. The zero-order valence-corrected chi connectivity index (χ0v) is 12.9. The van der Waals surface area contributed by atoms with Crippen molar-refractivity contribution in [3.63, 3.8) is 0 Å². The van der Waals surface area contributed by atoms with Crippen molar-refractivity contribution in [2.45, 2.75) is 20.4 Å². The summed E-state index contributed by atoms with van der Waals surface area (Å²) in [7, 11) is 0. The van der Waals surface area contributed by atoms with Gasteiger partial charge in [-0.05, 0) is 24.1 Å². The van der Waals surface area contributed by atoms with Crippen LogP contribution in [0.5, 0.6) is 0 Å². The molecule has 1 fully saturated rings. The van der Waals surface area contributed by atoms with Crippen LogP contribution in [0.1, 0.15) is 23.6 Å². The van der Waals surface area contributed by atoms with Crippen LogP contribution in [0.4, 0.5) is 0 Å². The fraction of sp³-hybridized carbons (Fsp3) is 0.467. The number of piperazine rings is 1. The molecule has 0 radical (unpaired) electrons. The summed E-state index contributed by atoms with van der Waals surface area (Å²) in [6.07, 6.45) is 0. The van der Waals surface area contributed by atoms with Crippen LogP contribution in [0.25, 0.3) is 0 Å². The maximum absolute atomic E-state index is 11.3. The van der Waals surface area contributed by atoms with Gasteiger partial charge in [-0.25, -0.2) is 0 Å². The summed E-state index contributed by atoms with van der Waals surface area (Å²) in [6.45, 7) is 8.12. The van der Waals surface area contributed by atoms with E-state index in [1.54, 1.807) is 6.92 Å². The number of hydrogen-bond donors (Lipinski definition) is 1. The Kier molecular flexibility index (Phi) is 4.73. The molecule has 20 heavy (non-hydrogen) atoms. The molecule has 1 aliphatic heterocycles. The van der Waals surface area contributed by atoms with Gasteiger partial charge in [0.25, 0.3) is 0 Å². The summed E-state index contributed by atoms with van der Waals surface area (Å²) in [5.74, 6) is 0.168. The maximum atomic E-state index is 11.3. The lowest BCUT2D eigenvalue weighted by Gasteiger charge is -2.34. The van der Waals surface area contributed by atoms with Crippen LogP contribution in [0.3, 0.4) is 0 Å². The van der Waals surface area contributed by atoms with Gasteiger partial charge in [-0.15, -0.1) is 0 Å². The second-order valence-corrected chi connectivity index (χ2v) is 5.73. The number of nitrogens with zero attached hydrogens (tertiary/aromatic N) is 2. The minimum absolute atomic E-state index is 0.168. The van der Waals surface area contributed by atoms with Crippen LogP contribution < -0.4 is 5.73 Å². The van der Waals surface area contributed by atoms with Gasteiger partial charge in [-0.3, -0.25) is 9.69 Å². The molecule has 0 aliphatic carbocycles. The molecule has 2 N–H and O–H groups in total. The molecule has 4 nitrogen and oxygen atoms in total. The van der Waals surface area contributed by atoms with E-state index in [0.717, 1.165) is 38.3 Å². The first-order chi connectivity index (χ1) is 9.47. The van der Waals surface area contributed by atoms with E-state index in [-0.39, 0.29) is 5.91 Å². The zero-order chi connectivity index (χ0) is 14.7. The van der Waals surface area contributed by atoms with Gasteiger partial charge in [0.1, 0.15) is 4.99 Å². The molecule has 1 saturated heterocycles. The summed E-state index contributed by atoms with van der Waals surface area (Å²) in [5, 5.41) is 0. The lowest BCUT2D eigenvalue weighted by atomic mass is 10.0. The Hall–Kier alpha value is -1.46. The molecule has 0 spiro atoms. The van der Waals surface area contributed by atoms with E-state index in [4.69, 9.17) is 18.0 Å². The summed E-state index contributed by atoms with van der Waals surface area (Å²) in [4.78, 5) is 16.0. The van der Waals surface area contributed by atoms with E-state index in [1.165, 1.54) is 11.1 Å². The van der Waals surface area contributed by atoms with E-state index in [9.17, 15) is 4.79 Å². The van der Waals surface area contributed by atoms with Crippen LogP contribution >= 0.6 is 12.2 Å². The van der Waals surface area contributed by atoms with Crippen LogP contribution in [-0.4, -0.2) is 46.9 Å². The Labute approximate surface area is 125 Å². The van der Waals surface area contributed by atoms with Crippen LogP contribution in [0.15, 0.2) is 18.2 Å². The number of thiocarbonyl (C=S) groups is 1. The Balaban J connectivity index is 1.98. The molecule has 5 heteroatoms. The molecule has 1 heterocycles. The fourth-order valence-electron chi connectivity index (χ4n) is 2.49. The number of hydrogen-bond acceptors (Lipinski definition) is 3. The average molecular weight is 291 g/mol. The van der Waals surface area contributed by atoms with Crippen molar-refractivity contribution in [3.8, 4) is 0 Å². The van der Waals surface area contributed by atoms with Crippen molar-refractivity contribution >= 4 is 23.1 Å². The van der Waals surface area contributed by atoms with Gasteiger partial charge in [-0.1, -0.05) is 24.4 Å². The standard InChI is InChI=1S/C15H21N3OS/c1-11-9-13(15(16)20)3-4-14(11)10-17-5-7-18(8-6-17)12(2)19/h3-4,9H,5-8,10H2,1-2H3,(H2,16,20). The topological polar surface area (TPSA) is 49.6 Å². The smallest absolute Gasteiger partial charge is 0.219 e. The number of carbonyl (C=O) groups is 1. The normalized spacial score (nSPS) is 16.2. The molecule has 0 aromatic heterocycles. The van der Waals surface area contributed by atoms with Crippen molar-refractivity contribution in [1.82, 2.24) is 9.80 Å². The quantitative estimate of drug-likeness (QED) is 0.853. The number of amides is 1. The number of carbonyl (C=O) groups excluding carboxylic acids is 1. The van der Waals surface area contributed by atoms with Crippen LogP contribution in [0, 0.1) is 6.92 Å². The van der Waals surface area contributed by atoms with Gasteiger partial charge in [0.05, 0.1) is 0 Å². The van der Waals surface area contributed by atoms with E-state index in [1.807, 2.05) is 17.0 Å². The Morgan fingerprint density at radius 2 is 1.95 bits per heavy atom. The second kappa shape index (κ2) is 6.33. The van der Waals surface area contributed by atoms with Gasteiger partial charge < -0.3 is 10.6 Å². The van der Waals surface area contributed by atoms with Crippen LogP contribution in [0.2, 0.25) is 0 Å². The van der Waals surface area contributed by atoms with Crippen molar-refractivity contribution in [2.24, 2.45) is 5.73 Å². The first-order valence-corrected chi connectivity index (χ1v) is 7.25. The second-order valence-electron chi connectivity index (χ2n) is 5.29. The van der Waals surface area contributed by atoms with E-state index >= 15 is 0 Å². The number of rotatable bonds is 3. The van der Waals surface area contributed by atoms with Gasteiger partial charge in [0.2, 0.25) is 5.91 Å². The van der Waals surface area contributed by atoms with Crippen LogP contribution in [-0.2, 0) is 11.3 Å². The lowest BCUT2D eigenvalue weighted by molar-refractivity contribution is -0.130. The number of aryl methyl sites for hydroxylation is 1. The SMILES string of the molecule is CC(=O)N1CCN(Cc2ccc(C(N)=S)cc2C)CC1. The van der Waals surface area contributed by atoms with Gasteiger partial charge in [-0.2, -0.15) is 0 Å². The fourth-order valence-corrected chi connectivity index (χ4v) is 2.62. The molecule has 108 valence electrons. The zero-order valence-electron chi connectivity index (χ0n) is 12.1. The third-order valence-corrected chi connectivity index (χ3v) is 4.07. The highest BCUT2D eigenvalue weighted by atomic mass is 32.1. The molecule has 0 unspecified atom stereocenters. The van der Waals surface area contributed by atoms with Crippen molar-refractivity contribution < 1.29 is 4.79 Å². The average Bonchev–Trinajstić information content (AvgIpc) is 2.41. The molecule has 0 saturated carbocycles. The number of nitrogens with two attached hydrogens (primary N) is 1. The van der Waals surface area contributed by atoms with Crippen molar-refractivity contribution in [2.75, 3.05) is 26.2 Å². The minimum Gasteiger partial charge on any atom is -0.389 e. The number of benzene rings is 1. The molecule has 1 aromatic carbocycles. The summed E-state index contributed by atoms with van der Waals surface area (Å²) in [5.41, 5.74) is 9.07.